The molecule has 1 aliphatic heterocycles. The number of halogens is 1. The Labute approximate surface area is 183 Å². The summed E-state index contributed by atoms with van der Waals surface area (Å²) in [5.41, 5.74) is 12.8. The third kappa shape index (κ3) is 2.39. The Morgan fingerprint density at radius 3 is 2.78 bits per heavy atom. The third-order valence-electron chi connectivity index (χ3n) is 6.18. The number of hydrogen-bond donors (Lipinski definition) is 1. The van der Waals surface area contributed by atoms with Crippen LogP contribution in [-0.4, -0.2) is 27.6 Å². The fourth-order valence-corrected chi connectivity index (χ4v) is 4.87. The summed E-state index contributed by atoms with van der Waals surface area (Å²) in [4.78, 5) is 18.3. The summed E-state index contributed by atoms with van der Waals surface area (Å²) in [5.74, 6) is 0.827. The smallest absolute Gasteiger partial charge is 0.228 e. The van der Waals surface area contributed by atoms with Gasteiger partial charge in [0.25, 0.3) is 0 Å². The lowest BCUT2D eigenvalue weighted by molar-refractivity contribution is 0.191. The minimum absolute atomic E-state index is 0.380. The minimum atomic E-state index is -0.940. The van der Waals surface area contributed by atoms with Crippen LogP contribution < -0.4 is 10.5 Å². The predicted molar refractivity (Wildman–Crippen MR) is 119 cm³/mol. The molecule has 0 fully saturated rings. The van der Waals surface area contributed by atoms with Gasteiger partial charge in [-0.2, -0.15) is 0 Å². The van der Waals surface area contributed by atoms with Gasteiger partial charge in [0.2, 0.25) is 6.86 Å². The first-order valence-corrected chi connectivity index (χ1v) is 10.2. The van der Waals surface area contributed by atoms with Crippen molar-refractivity contribution in [2.75, 3.05) is 6.86 Å². The number of amidine groups is 1. The molecular formula is C25H18FN5O. The Morgan fingerprint density at radius 1 is 1.00 bits per heavy atom. The van der Waals surface area contributed by atoms with Crippen molar-refractivity contribution < 1.29 is 9.13 Å². The molecule has 4 bridgehead atoms. The van der Waals surface area contributed by atoms with Gasteiger partial charge >= 0.3 is 0 Å². The highest BCUT2D eigenvalue weighted by Crippen LogP contribution is 2.50. The highest BCUT2D eigenvalue weighted by molar-refractivity contribution is 6.02. The Balaban J connectivity index is 1.81. The first-order chi connectivity index (χ1) is 15.6. The number of pyridine rings is 1. The standard InChI is InChI=1S/C25H18FN5O/c1-14-8-17-10-18(23(14)32-12-26)21-19(11-28-13-30-21)15-4-2-5-16(9-15)25(17)20-6-3-7-29-22(20)24(27)31-25/h2-11,13H,12H2,1H3,(H2,27,31). The Hall–Kier alpha value is -4.13. The maximum Gasteiger partial charge on any atom is 0.228 e. The summed E-state index contributed by atoms with van der Waals surface area (Å²) in [6.45, 7) is 0.955. The van der Waals surface area contributed by atoms with Gasteiger partial charge in [-0.25, -0.2) is 19.4 Å². The van der Waals surface area contributed by atoms with Gasteiger partial charge in [0.05, 0.1) is 5.69 Å². The first kappa shape index (κ1) is 18.6. The summed E-state index contributed by atoms with van der Waals surface area (Å²) < 4.78 is 18.8. The van der Waals surface area contributed by atoms with Crippen LogP contribution in [0.5, 0.6) is 5.75 Å². The van der Waals surface area contributed by atoms with Crippen molar-refractivity contribution in [3.63, 3.8) is 0 Å². The van der Waals surface area contributed by atoms with Crippen molar-refractivity contribution in [2.24, 2.45) is 10.7 Å². The van der Waals surface area contributed by atoms with Crippen LogP contribution >= 0.6 is 0 Å². The average Bonchev–Trinajstić information content (AvgIpc) is 3.14. The number of ether oxygens (including phenoxy) is 1. The van der Waals surface area contributed by atoms with Crippen molar-refractivity contribution in [1.82, 2.24) is 15.0 Å². The molecule has 2 aromatic carbocycles. The van der Waals surface area contributed by atoms with E-state index < -0.39 is 12.4 Å². The zero-order valence-electron chi connectivity index (χ0n) is 17.2. The van der Waals surface area contributed by atoms with Crippen LogP contribution in [0.2, 0.25) is 0 Å². The lowest BCUT2D eigenvalue weighted by atomic mass is 9.77. The molecule has 3 heterocycles. The number of aromatic nitrogens is 3. The number of nitrogens with zero attached hydrogens (tertiary/aromatic N) is 4. The largest absolute Gasteiger partial charge is 0.462 e. The highest BCUT2D eigenvalue weighted by Gasteiger charge is 2.45. The number of fused-ring (bicyclic) bond motifs is 11. The number of nitrogens with two attached hydrogens (primary N) is 1. The van der Waals surface area contributed by atoms with E-state index in [0.29, 0.717) is 28.5 Å². The third-order valence-corrected chi connectivity index (χ3v) is 6.18. The summed E-state index contributed by atoms with van der Waals surface area (Å²) in [6, 6.07) is 16.0. The topological polar surface area (TPSA) is 86.3 Å². The molecule has 6 rings (SSSR count). The molecule has 156 valence electrons. The van der Waals surface area contributed by atoms with Gasteiger partial charge in [0, 0.05) is 29.1 Å². The summed E-state index contributed by atoms with van der Waals surface area (Å²) in [7, 11) is 0. The van der Waals surface area contributed by atoms with Gasteiger partial charge in [0.15, 0.2) is 0 Å². The van der Waals surface area contributed by atoms with Gasteiger partial charge in [-0.1, -0.05) is 24.3 Å². The number of alkyl halides is 1. The lowest BCUT2D eigenvalue weighted by Gasteiger charge is -2.30. The number of benzene rings is 2. The number of aliphatic imine (C=N–C) groups is 1. The van der Waals surface area contributed by atoms with Gasteiger partial charge in [0.1, 0.15) is 29.1 Å². The van der Waals surface area contributed by atoms with Crippen molar-refractivity contribution in [3.05, 3.63) is 95.2 Å². The highest BCUT2D eigenvalue weighted by atomic mass is 19.1. The normalized spacial score (nSPS) is 17.6. The van der Waals surface area contributed by atoms with Crippen molar-refractivity contribution >= 4 is 5.84 Å². The molecule has 0 saturated carbocycles. The Morgan fingerprint density at radius 2 is 1.91 bits per heavy atom. The minimum Gasteiger partial charge on any atom is -0.462 e. The van der Waals surface area contributed by atoms with Gasteiger partial charge < -0.3 is 10.5 Å². The molecule has 1 unspecified atom stereocenters. The molecule has 1 spiro atoms. The second-order valence-corrected chi connectivity index (χ2v) is 7.90. The van der Waals surface area contributed by atoms with E-state index in [2.05, 4.69) is 21.0 Å². The van der Waals surface area contributed by atoms with Crippen LogP contribution in [0.3, 0.4) is 0 Å². The lowest BCUT2D eigenvalue weighted by Crippen LogP contribution is -2.25. The Bertz CT molecular complexity index is 1430. The summed E-state index contributed by atoms with van der Waals surface area (Å²) in [6.07, 6.45) is 4.97. The molecule has 6 nitrogen and oxygen atoms in total. The molecule has 32 heavy (non-hydrogen) atoms. The van der Waals surface area contributed by atoms with E-state index in [0.717, 1.165) is 33.4 Å². The van der Waals surface area contributed by atoms with Crippen LogP contribution in [0.25, 0.3) is 22.4 Å². The molecule has 2 aromatic heterocycles. The first-order valence-electron chi connectivity index (χ1n) is 10.2. The second kappa shape index (κ2) is 6.68. The molecule has 1 aliphatic carbocycles. The fourth-order valence-electron chi connectivity index (χ4n) is 4.87. The van der Waals surface area contributed by atoms with E-state index in [1.165, 1.54) is 6.33 Å². The summed E-state index contributed by atoms with van der Waals surface area (Å²) in [5, 5.41) is 0. The van der Waals surface area contributed by atoms with Gasteiger partial charge in [-0.3, -0.25) is 4.98 Å². The molecule has 1 atom stereocenters. The number of hydrogen-bond acceptors (Lipinski definition) is 6. The molecule has 0 amide bonds. The van der Waals surface area contributed by atoms with E-state index in [4.69, 9.17) is 15.5 Å². The average molecular weight is 423 g/mol. The molecule has 4 aromatic rings. The van der Waals surface area contributed by atoms with Gasteiger partial charge in [-0.05, 0) is 53.4 Å². The van der Waals surface area contributed by atoms with Crippen LogP contribution in [0, 0.1) is 6.92 Å². The Kier molecular flexibility index (Phi) is 3.89. The van der Waals surface area contributed by atoms with Crippen molar-refractivity contribution in [2.45, 2.75) is 12.5 Å². The van der Waals surface area contributed by atoms with E-state index in [1.54, 1.807) is 12.4 Å². The molecule has 0 radical (unpaired) electrons. The van der Waals surface area contributed by atoms with E-state index in [9.17, 15) is 4.39 Å². The van der Waals surface area contributed by atoms with E-state index in [-0.39, 0.29) is 0 Å². The van der Waals surface area contributed by atoms with Crippen LogP contribution in [0.4, 0.5) is 4.39 Å². The number of aryl methyl sites for hydroxylation is 1. The molecule has 0 saturated heterocycles. The SMILES string of the molecule is Cc1cc2cc(c1OCF)-c1ncncc1-c1cccc(c1)C21N=C(N)c2ncccc21. The fraction of sp³-hybridized carbons (Fsp3) is 0.120. The van der Waals surface area contributed by atoms with E-state index >= 15 is 0 Å². The predicted octanol–water partition coefficient (Wildman–Crippen LogP) is 4.14. The van der Waals surface area contributed by atoms with Crippen molar-refractivity contribution in [3.8, 4) is 28.1 Å². The zero-order chi connectivity index (χ0) is 21.9. The van der Waals surface area contributed by atoms with Crippen LogP contribution in [0.15, 0.2) is 72.2 Å². The van der Waals surface area contributed by atoms with Gasteiger partial charge in [-0.15, -0.1) is 0 Å². The number of rotatable bonds is 2. The monoisotopic (exact) mass is 423 g/mol. The maximum atomic E-state index is 13.4. The molecular weight excluding hydrogens is 405 g/mol. The molecule has 2 aliphatic rings. The summed E-state index contributed by atoms with van der Waals surface area (Å²) >= 11 is 0. The quantitative estimate of drug-likeness (QED) is 0.524. The maximum absolute atomic E-state index is 13.4. The second-order valence-electron chi connectivity index (χ2n) is 7.90. The van der Waals surface area contributed by atoms with Crippen molar-refractivity contribution in [1.29, 1.82) is 0 Å². The molecule has 7 heteroatoms. The van der Waals surface area contributed by atoms with E-state index in [1.807, 2.05) is 49.4 Å². The van der Waals surface area contributed by atoms with Crippen LogP contribution in [-0.2, 0) is 5.54 Å². The van der Waals surface area contributed by atoms with Crippen LogP contribution in [0.1, 0.15) is 27.9 Å². The molecule has 2 N–H and O–H groups in total. The zero-order valence-corrected chi connectivity index (χ0v) is 17.2.